The molecule has 1 aromatic heterocycles. The predicted molar refractivity (Wildman–Crippen MR) is 109 cm³/mol. The number of pyridine rings is 1. The minimum Gasteiger partial charge on any atom is -0.437 e. The van der Waals surface area contributed by atoms with Crippen LogP contribution in [0.1, 0.15) is 24.5 Å². The second kappa shape index (κ2) is 8.88. The zero-order valence-corrected chi connectivity index (χ0v) is 17.1. The van der Waals surface area contributed by atoms with Crippen molar-refractivity contribution in [1.82, 2.24) is 4.98 Å². The fourth-order valence-corrected chi connectivity index (χ4v) is 3.53. The number of nitrogens with one attached hydrogen (secondary N) is 1. The number of benzene rings is 1. The monoisotopic (exact) mass is 436 g/mol. The molecular formula is C19H25BrN4O3. The first kappa shape index (κ1) is 19.9. The van der Waals surface area contributed by atoms with E-state index in [1.54, 1.807) is 17.3 Å². The van der Waals surface area contributed by atoms with Gasteiger partial charge in [0.25, 0.3) is 0 Å². The summed E-state index contributed by atoms with van der Waals surface area (Å²) in [6.45, 7) is 0.668. The van der Waals surface area contributed by atoms with Crippen molar-refractivity contribution < 1.29 is 14.6 Å². The Hall–Kier alpha value is -1.87. The average Bonchev–Trinajstić information content (AvgIpc) is 3.49. The van der Waals surface area contributed by atoms with Gasteiger partial charge >= 0.3 is 0 Å². The van der Waals surface area contributed by atoms with Crippen LogP contribution in [-0.4, -0.2) is 37.4 Å². The molecule has 1 saturated carbocycles. The fourth-order valence-electron chi connectivity index (χ4n) is 2.92. The third kappa shape index (κ3) is 4.52. The van der Waals surface area contributed by atoms with Crippen LogP contribution in [-0.2, 0) is 4.74 Å². The van der Waals surface area contributed by atoms with Crippen LogP contribution < -0.4 is 20.9 Å². The standard InChI is InChI=1S/C19H25BrN4O3/c1-22-18-14(24(21)10-12-5-6-12)7-8-15(17(18)20)27-19-13(4-3-9-23-19)16(11-25)26-2/h3-4,7-9,12,16,22,25H,5-6,10-11,21H2,1-2H3. The van der Waals surface area contributed by atoms with Crippen molar-refractivity contribution in [3.8, 4) is 11.6 Å². The maximum Gasteiger partial charge on any atom is 0.225 e. The third-order valence-electron chi connectivity index (χ3n) is 4.60. The van der Waals surface area contributed by atoms with Gasteiger partial charge in [-0.2, -0.15) is 0 Å². The van der Waals surface area contributed by atoms with Gasteiger partial charge in [-0.25, -0.2) is 10.8 Å². The van der Waals surface area contributed by atoms with E-state index in [-0.39, 0.29) is 6.61 Å². The van der Waals surface area contributed by atoms with E-state index in [2.05, 4.69) is 26.2 Å². The van der Waals surface area contributed by atoms with Crippen molar-refractivity contribution in [2.45, 2.75) is 18.9 Å². The summed E-state index contributed by atoms with van der Waals surface area (Å²) < 4.78 is 12.1. The van der Waals surface area contributed by atoms with E-state index in [1.165, 1.54) is 20.0 Å². The molecule has 1 fully saturated rings. The summed E-state index contributed by atoms with van der Waals surface area (Å²) in [6, 6.07) is 7.39. The molecule has 0 amide bonds. The Morgan fingerprint density at radius 1 is 1.41 bits per heavy atom. The van der Waals surface area contributed by atoms with Crippen molar-refractivity contribution in [1.29, 1.82) is 0 Å². The highest BCUT2D eigenvalue weighted by Crippen LogP contribution is 2.42. The number of methoxy groups -OCH3 is 1. The molecule has 0 spiro atoms. The van der Waals surface area contributed by atoms with E-state index >= 15 is 0 Å². The molecule has 8 heteroatoms. The summed E-state index contributed by atoms with van der Waals surface area (Å²) in [5.41, 5.74) is 2.42. The van der Waals surface area contributed by atoms with Crippen LogP contribution in [0.5, 0.6) is 11.6 Å². The van der Waals surface area contributed by atoms with Crippen LogP contribution in [0.25, 0.3) is 0 Å². The molecule has 1 aliphatic carbocycles. The van der Waals surface area contributed by atoms with E-state index < -0.39 is 6.10 Å². The molecule has 0 radical (unpaired) electrons. The summed E-state index contributed by atoms with van der Waals surface area (Å²) in [5, 5.41) is 14.5. The molecule has 0 bridgehead atoms. The predicted octanol–water partition coefficient (Wildman–Crippen LogP) is 3.45. The van der Waals surface area contributed by atoms with Crippen LogP contribution in [0.3, 0.4) is 0 Å². The third-order valence-corrected chi connectivity index (χ3v) is 5.39. The van der Waals surface area contributed by atoms with Gasteiger partial charge in [-0.05, 0) is 59.0 Å². The molecule has 1 aliphatic rings. The minimum atomic E-state index is -0.506. The summed E-state index contributed by atoms with van der Waals surface area (Å²) in [4.78, 5) is 4.30. The Bertz CT molecular complexity index is 782. The molecule has 0 saturated heterocycles. The number of anilines is 2. The van der Waals surface area contributed by atoms with Crippen LogP contribution in [0.2, 0.25) is 0 Å². The van der Waals surface area contributed by atoms with Crippen LogP contribution >= 0.6 is 15.9 Å². The maximum absolute atomic E-state index is 9.53. The molecule has 4 N–H and O–H groups in total. The first-order valence-corrected chi connectivity index (χ1v) is 9.67. The summed E-state index contributed by atoms with van der Waals surface area (Å²) in [5.74, 6) is 7.91. The molecule has 27 heavy (non-hydrogen) atoms. The first-order chi connectivity index (χ1) is 13.1. The van der Waals surface area contributed by atoms with Crippen molar-refractivity contribution >= 4 is 27.3 Å². The topological polar surface area (TPSA) is 92.9 Å². The highest BCUT2D eigenvalue weighted by molar-refractivity contribution is 9.10. The lowest BCUT2D eigenvalue weighted by molar-refractivity contribution is 0.0466. The number of ether oxygens (including phenoxy) is 2. The SMILES string of the molecule is CNc1c(N(N)CC2CC2)ccc(Oc2ncccc2C(CO)OC)c1Br. The van der Waals surface area contributed by atoms with E-state index in [0.717, 1.165) is 22.4 Å². The summed E-state index contributed by atoms with van der Waals surface area (Å²) in [7, 11) is 3.38. The number of aliphatic hydroxyl groups is 1. The van der Waals surface area contributed by atoms with Gasteiger partial charge in [-0.15, -0.1) is 0 Å². The second-order valence-electron chi connectivity index (χ2n) is 6.52. The van der Waals surface area contributed by atoms with Crippen LogP contribution in [0.15, 0.2) is 34.9 Å². The molecule has 146 valence electrons. The normalized spacial score (nSPS) is 14.7. The van der Waals surface area contributed by atoms with Crippen molar-refractivity contribution in [2.24, 2.45) is 11.8 Å². The number of halogens is 1. The first-order valence-electron chi connectivity index (χ1n) is 8.87. The Balaban J connectivity index is 1.90. The van der Waals surface area contributed by atoms with Gasteiger partial charge in [0.1, 0.15) is 11.9 Å². The number of hydrogen-bond acceptors (Lipinski definition) is 7. The van der Waals surface area contributed by atoms with Gasteiger partial charge < -0.3 is 24.9 Å². The zero-order valence-electron chi connectivity index (χ0n) is 15.5. The Labute approximate surface area is 167 Å². The van der Waals surface area contributed by atoms with Crippen molar-refractivity contribution in [3.63, 3.8) is 0 Å². The molecule has 1 aromatic carbocycles. The molecule has 3 rings (SSSR count). The minimum absolute atomic E-state index is 0.163. The van der Waals surface area contributed by atoms with Gasteiger partial charge in [-0.1, -0.05) is 0 Å². The Morgan fingerprint density at radius 3 is 2.81 bits per heavy atom. The number of aliphatic hydroxyl groups excluding tert-OH is 1. The molecule has 7 nitrogen and oxygen atoms in total. The number of nitrogens with two attached hydrogens (primary N) is 1. The molecule has 2 aromatic rings. The maximum atomic E-state index is 9.53. The fraction of sp³-hybridized carbons (Fsp3) is 0.421. The zero-order chi connectivity index (χ0) is 19.4. The van der Waals surface area contributed by atoms with E-state index in [9.17, 15) is 5.11 Å². The Morgan fingerprint density at radius 2 is 2.19 bits per heavy atom. The quantitative estimate of drug-likeness (QED) is 0.409. The highest BCUT2D eigenvalue weighted by atomic mass is 79.9. The largest absolute Gasteiger partial charge is 0.437 e. The van der Waals surface area contributed by atoms with E-state index in [4.69, 9.17) is 15.3 Å². The molecular weight excluding hydrogens is 412 g/mol. The number of hydrazine groups is 1. The Kier molecular flexibility index (Phi) is 6.54. The van der Waals surface area contributed by atoms with E-state index in [0.29, 0.717) is 23.1 Å². The van der Waals surface area contributed by atoms with Crippen LogP contribution in [0.4, 0.5) is 11.4 Å². The smallest absolute Gasteiger partial charge is 0.225 e. The molecule has 1 unspecified atom stereocenters. The second-order valence-corrected chi connectivity index (χ2v) is 7.32. The van der Waals surface area contributed by atoms with Gasteiger partial charge in [0, 0.05) is 32.5 Å². The van der Waals surface area contributed by atoms with Gasteiger partial charge in [-0.3, -0.25) is 0 Å². The summed E-state index contributed by atoms with van der Waals surface area (Å²) in [6.07, 6.45) is 3.60. The average molecular weight is 437 g/mol. The lowest BCUT2D eigenvalue weighted by Crippen LogP contribution is -2.33. The van der Waals surface area contributed by atoms with Crippen molar-refractivity contribution in [3.05, 3.63) is 40.5 Å². The van der Waals surface area contributed by atoms with Gasteiger partial charge in [0.15, 0.2) is 0 Å². The van der Waals surface area contributed by atoms with Gasteiger partial charge in [0.2, 0.25) is 5.88 Å². The number of rotatable bonds is 9. The van der Waals surface area contributed by atoms with Gasteiger partial charge in [0.05, 0.1) is 22.5 Å². The number of aromatic nitrogens is 1. The lowest BCUT2D eigenvalue weighted by atomic mass is 10.1. The summed E-state index contributed by atoms with van der Waals surface area (Å²) >= 11 is 3.62. The van der Waals surface area contributed by atoms with Crippen LogP contribution in [0, 0.1) is 5.92 Å². The number of nitrogens with zero attached hydrogens (tertiary/aromatic N) is 2. The molecule has 1 atom stereocenters. The van der Waals surface area contributed by atoms with Crippen molar-refractivity contribution in [2.75, 3.05) is 37.6 Å². The molecule has 0 aliphatic heterocycles. The molecule has 1 heterocycles. The van der Waals surface area contributed by atoms with E-state index in [1.807, 2.05) is 25.2 Å². The number of hydrogen-bond donors (Lipinski definition) is 3. The highest BCUT2D eigenvalue weighted by Gasteiger charge is 2.25. The lowest BCUT2D eigenvalue weighted by Gasteiger charge is -2.24.